The SMILES string of the molecule is CC(C)Oc1cccc([C@]2(N)CCc3nc(N)sc3C2)c1F. The maximum absolute atomic E-state index is 14.8. The molecule has 0 aliphatic heterocycles. The smallest absolute Gasteiger partial charge is 0.180 e. The summed E-state index contributed by atoms with van der Waals surface area (Å²) in [5.74, 6) is -0.105. The van der Waals surface area contributed by atoms with Crippen molar-refractivity contribution in [1.29, 1.82) is 0 Å². The Morgan fingerprint density at radius 3 is 2.91 bits per heavy atom. The molecule has 6 heteroatoms. The van der Waals surface area contributed by atoms with Crippen molar-refractivity contribution in [2.75, 3.05) is 5.73 Å². The van der Waals surface area contributed by atoms with E-state index >= 15 is 0 Å². The first-order valence-corrected chi connectivity index (χ1v) is 8.19. The summed E-state index contributed by atoms with van der Waals surface area (Å²) in [6.45, 7) is 3.74. The average Bonchev–Trinajstić information content (AvgIpc) is 2.79. The van der Waals surface area contributed by atoms with Gasteiger partial charge in [-0.1, -0.05) is 12.1 Å². The van der Waals surface area contributed by atoms with Crippen molar-refractivity contribution in [3.8, 4) is 5.75 Å². The normalized spacial score (nSPS) is 21.0. The number of fused-ring (bicyclic) bond motifs is 1. The Morgan fingerprint density at radius 1 is 1.41 bits per heavy atom. The summed E-state index contributed by atoms with van der Waals surface area (Å²) < 4.78 is 20.3. The summed E-state index contributed by atoms with van der Waals surface area (Å²) in [6, 6.07) is 5.18. The number of anilines is 1. The van der Waals surface area contributed by atoms with Gasteiger partial charge in [-0.2, -0.15) is 0 Å². The number of aryl methyl sites for hydroxylation is 1. The molecule has 0 spiro atoms. The zero-order chi connectivity index (χ0) is 15.9. The molecule has 0 unspecified atom stereocenters. The molecule has 1 atom stereocenters. The van der Waals surface area contributed by atoms with Gasteiger partial charge in [0.05, 0.1) is 11.8 Å². The van der Waals surface area contributed by atoms with Gasteiger partial charge in [-0.15, -0.1) is 11.3 Å². The molecule has 0 fully saturated rings. The van der Waals surface area contributed by atoms with Crippen LogP contribution in [-0.2, 0) is 18.4 Å². The van der Waals surface area contributed by atoms with Crippen LogP contribution in [0.25, 0.3) is 0 Å². The number of aromatic nitrogens is 1. The van der Waals surface area contributed by atoms with Crippen LogP contribution in [0.2, 0.25) is 0 Å². The fourth-order valence-electron chi connectivity index (χ4n) is 2.92. The maximum Gasteiger partial charge on any atom is 0.180 e. The monoisotopic (exact) mass is 321 g/mol. The number of benzene rings is 1. The van der Waals surface area contributed by atoms with Crippen LogP contribution < -0.4 is 16.2 Å². The van der Waals surface area contributed by atoms with Crippen molar-refractivity contribution < 1.29 is 9.13 Å². The van der Waals surface area contributed by atoms with E-state index in [-0.39, 0.29) is 17.7 Å². The standard InChI is InChI=1S/C16H20FN3OS/c1-9(2)21-12-5-3-4-10(14(12)17)16(19)7-6-11-13(8-16)22-15(18)20-11/h3-5,9H,6-8,19H2,1-2H3,(H2,18,20)/t16-/m0/s1. The highest BCUT2D eigenvalue weighted by molar-refractivity contribution is 7.15. The van der Waals surface area contributed by atoms with Gasteiger partial charge >= 0.3 is 0 Å². The van der Waals surface area contributed by atoms with Crippen LogP contribution in [0.1, 0.15) is 36.4 Å². The molecule has 1 heterocycles. The van der Waals surface area contributed by atoms with Crippen LogP contribution in [-0.4, -0.2) is 11.1 Å². The number of halogens is 1. The quantitative estimate of drug-likeness (QED) is 0.911. The summed E-state index contributed by atoms with van der Waals surface area (Å²) in [7, 11) is 0. The predicted octanol–water partition coefficient (Wildman–Crippen LogP) is 2.99. The van der Waals surface area contributed by atoms with Gasteiger partial charge in [0.25, 0.3) is 0 Å². The van der Waals surface area contributed by atoms with E-state index in [1.165, 1.54) is 11.3 Å². The Balaban J connectivity index is 1.97. The molecule has 1 aromatic carbocycles. The molecule has 2 aromatic rings. The average molecular weight is 321 g/mol. The first-order chi connectivity index (χ1) is 10.4. The summed E-state index contributed by atoms with van der Waals surface area (Å²) in [5.41, 5.74) is 13.1. The lowest BCUT2D eigenvalue weighted by Crippen LogP contribution is -2.42. The Kier molecular flexibility index (Phi) is 3.82. The summed E-state index contributed by atoms with van der Waals surface area (Å²) >= 11 is 1.44. The predicted molar refractivity (Wildman–Crippen MR) is 86.6 cm³/mol. The molecule has 118 valence electrons. The zero-order valence-corrected chi connectivity index (χ0v) is 13.5. The van der Waals surface area contributed by atoms with Gasteiger partial charge < -0.3 is 16.2 Å². The van der Waals surface area contributed by atoms with E-state index in [1.807, 2.05) is 13.8 Å². The topological polar surface area (TPSA) is 74.2 Å². The third kappa shape index (κ3) is 2.68. The van der Waals surface area contributed by atoms with Crippen LogP contribution in [0.3, 0.4) is 0 Å². The molecule has 0 amide bonds. The molecule has 0 bridgehead atoms. The first kappa shape index (κ1) is 15.2. The van der Waals surface area contributed by atoms with Gasteiger partial charge in [0, 0.05) is 22.4 Å². The van der Waals surface area contributed by atoms with Gasteiger partial charge in [0.15, 0.2) is 16.7 Å². The van der Waals surface area contributed by atoms with Gasteiger partial charge in [-0.25, -0.2) is 9.37 Å². The van der Waals surface area contributed by atoms with E-state index in [4.69, 9.17) is 16.2 Å². The van der Waals surface area contributed by atoms with E-state index in [0.29, 0.717) is 30.0 Å². The van der Waals surface area contributed by atoms with E-state index in [9.17, 15) is 4.39 Å². The molecule has 4 N–H and O–H groups in total. The minimum absolute atomic E-state index is 0.0854. The molecule has 0 saturated heterocycles. The molecule has 3 rings (SSSR count). The Hall–Kier alpha value is -1.66. The third-order valence-corrected chi connectivity index (χ3v) is 4.87. The van der Waals surface area contributed by atoms with Gasteiger partial charge in [0.1, 0.15) is 0 Å². The third-order valence-electron chi connectivity index (χ3n) is 3.94. The van der Waals surface area contributed by atoms with Crippen molar-refractivity contribution in [3.05, 3.63) is 40.2 Å². The number of nitrogen functional groups attached to an aromatic ring is 1. The Labute approximate surface area is 133 Å². The molecular formula is C16H20FN3OS. The van der Waals surface area contributed by atoms with Crippen molar-refractivity contribution in [2.24, 2.45) is 5.73 Å². The van der Waals surface area contributed by atoms with Crippen molar-refractivity contribution in [1.82, 2.24) is 4.98 Å². The number of hydrogen-bond donors (Lipinski definition) is 2. The minimum Gasteiger partial charge on any atom is -0.488 e. The van der Waals surface area contributed by atoms with Crippen LogP contribution in [0.5, 0.6) is 5.75 Å². The highest BCUT2D eigenvalue weighted by Crippen LogP contribution is 2.40. The molecule has 1 aromatic heterocycles. The Morgan fingerprint density at radius 2 is 2.18 bits per heavy atom. The molecule has 4 nitrogen and oxygen atoms in total. The van der Waals surface area contributed by atoms with Crippen LogP contribution >= 0.6 is 11.3 Å². The van der Waals surface area contributed by atoms with Gasteiger partial charge in [-0.05, 0) is 32.8 Å². The van der Waals surface area contributed by atoms with E-state index in [1.54, 1.807) is 18.2 Å². The lowest BCUT2D eigenvalue weighted by molar-refractivity contribution is 0.228. The second-order valence-electron chi connectivity index (χ2n) is 6.04. The molecule has 1 aliphatic carbocycles. The Bertz CT molecular complexity index is 701. The molecule has 0 radical (unpaired) electrons. The lowest BCUT2D eigenvalue weighted by atomic mass is 9.78. The van der Waals surface area contributed by atoms with Crippen LogP contribution in [0, 0.1) is 5.82 Å². The number of thiazole rings is 1. The van der Waals surface area contributed by atoms with Crippen molar-refractivity contribution >= 4 is 16.5 Å². The molecule has 0 saturated carbocycles. The fourth-order valence-corrected chi connectivity index (χ4v) is 3.93. The first-order valence-electron chi connectivity index (χ1n) is 7.37. The number of nitrogens with two attached hydrogens (primary N) is 2. The highest BCUT2D eigenvalue weighted by Gasteiger charge is 2.37. The molecule has 1 aliphatic rings. The largest absolute Gasteiger partial charge is 0.488 e. The lowest BCUT2D eigenvalue weighted by Gasteiger charge is -2.33. The van der Waals surface area contributed by atoms with E-state index < -0.39 is 5.54 Å². The maximum atomic E-state index is 14.8. The van der Waals surface area contributed by atoms with Crippen LogP contribution in [0.15, 0.2) is 18.2 Å². The van der Waals surface area contributed by atoms with Crippen molar-refractivity contribution in [2.45, 2.75) is 44.8 Å². The number of rotatable bonds is 3. The highest BCUT2D eigenvalue weighted by atomic mass is 32.1. The van der Waals surface area contributed by atoms with Gasteiger partial charge in [0.2, 0.25) is 0 Å². The van der Waals surface area contributed by atoms with E-state index in [0.717, 1.165) is 10.6 Å². The number of nitrogens with zero attached hydrogens (tertiary/aromatic N) is 1. The minimum atomic E-state index is -0.744. The van der Waals surface area contributed by atoms with Gasteiger partial charge in [-0.3, -0.25) is 0 Å². The summed E-state index contributed by atoms with van der Waals surface area (Å²) in [5, 5.41) is 0.548. The summed E-state index contributed by atoms with van der Waals surface area (Å²) in [6.07, 6.45) is 1.83. The van der Waals surface area contributed by atoms with Crippen LogP contribution in [0.4, 0.5) is 9.52 Å². The zero-order valence-electron chi connectivity index (χ0n) is 12.7. The summed E-state index contributed by atoms with van der Waals surface area (Å²) in [4.78, 5) is 5.37. The number of hydrogen-bond acceptors (Lipinski definition) is 5. The fraction of sp³-hybridized carbons (Fsp3) is 0.438. The number of ether oxygens (including phenoxy) is 1. The molecule has 22 heavy (non-hydrogen) atoms. The van der Waals surface area contributed by atoms with Crippen molar-refractivity contribution in [3.63, 3.8) is 0 Å². The molecular weight excluding hydrogens is 301 g/mol. The second-order valence-corrected chi connectivity index (χ2v) is 7.15. The second kappa shape index (κ2) is 5.52. The van der Waals surface area contributed by atoms with E-state index in [2.05, 4.69) is 4.98 Å².